The molecule has 0 aliphatic rings. The van der Waals surface area contributed by atoms with Crippen molar-refractivity contribution in [2.75, 3.05) is 0 Å². The van der Waals surface area contributed by atoms with Gasteiger partial charge in [0.1, 0.15) is 0 Å². The summed E-state index contributed by atoms with van der Waals surface area (Å²) in [6.07, 6.45) is 0. The van der Waals surface area contributed by atoms with E-state index in [1.165, 1.54) is 0 Å². The number of carbonyl (C=O) groups is 1. The molecule has 0 amide bonds. The van der Waals surface area contributed by atoms with E-state index in [9.17, 15) is 4.79 Å². The summed E-state index contributed by atoms with van der Waals surface area (Å²) in [7, 11) is 1.78. The van der Waals surface area contributed by atoms with Crippen molar-refractivity contribution in [1.82, 2.24) is 0 Å². The maximum atomic E-state index is 9.46. The first kappa shape index (κ1) is 9.98. The molecule has 33 valence electrons. The van der Waals surface area contributed by atoms with E-state index < -0.39 is 5.97 Å². The monoisotopic (exact) mass is 180 g/mol. The molecule has 1 unspecified atom stereocenters. The molecule has 0 saturated heterocycles. The molecule has 1 radical (unpaired) electrons. The first-order chi connectivity index (χ1) is 2.27. The fourth-order valence-electron chi connectivity index (χ4n) is 0. The van der Waals surface area contributed by atoms with Crippen molar-refractivity contribution in [3.8, 4) is 0 Å². The Kier molecular flexibility index (Phi) is 9.77. The molecule has 1 atom stereocenters. The third kappa shape index (κ3) is 8.86. The van der Waals surface area contributed by atoms with Crippen LogP contribution in [0.2, 0.25) is 0 Å². The predicted molar refractivity (Wildman–Crippen MR) is 21.2 cm³/mol. The normalized spacial score (nSPS) is 5.50. The van der Waals surface area contributed by atoms with Gasteiger partial charge in [-0.1, -0.05) is 0 Å². The fraction of sp³-hybridized carbons (Fsp3) is 0. The molecule has 0 N–H and O–H groups in total. The second kappa shape index (κ2) is 5.87. The van der Waals surface area contributed by atoms with Crippen molar-refractivity contribution in [2.45, 2.75) is 0 Å². The van der Waals surface area contributed by atoms with Gasteiger partial charge in [0.2, 0.25) is 0 Å². The van der Waals surface area contributed by atoms with E-state index in [2.05, 4.69) is 11.4 Å². The predicted octanol–water partition coefficient (Wildman–Crippen LogP) is 0.151. The molecule has 0 bridgehead atoms. The standard InChI is InChI=1S/C2H4O2P.Y/c1-2(3)4-5;/h1,5H2;/q-1;. The third-order valence-corrected chi connectivity index (χ3v) is 0.394. The smallest absolute Gasteiger partial charge is 0.167 e. The number of carbonyl (C=O) groups excluding carboxylic acids is 1. The largest absolute Gasteiger partial charge is 0.475 e. The van der Waals surface area contributed by atoms with E-state index in [4.69, 9.17) is 0 Å². The summed E-state index contributed by atoms with van der Waals surface area (Å²) in [4.78, 5) is 9.46. The molecule has 2 nitrogen and oxygen atoms in total. The second-order valence-corrected chi connectivity index (χ2v) is 0.726. The van der Waals surface area contributed by atoms with Crippen molar-refractivity contribution in [1.29, 1.82) is 0 Å². The minimum atomic E-state index is -0.532. The molecule has 0 aliphatic carbocycles. The Bertz CT molecular complexity index is 46.8. The van der Waals surface area contributed by atoms with Crippen molar-refractivity contribution >= 4 is 15.4 Å². The van der Waals surface area contributed by atoms with Gasteiger partial charge in [-0.3, -0.25) is 11.7 Å². The minimum absolute atomic E-state index is 0. The zero-order chi connectivity index (χ0) is 4.28. The molecule has 0 aromatic carbocycles. The van der Waals surface area contributed by atoms with Gasteiger partial charge in [0, 0.05) is 32.7 Å². The molecule has 0 aliphatic heterocycles. The van der Waals surface area contributed by atoms with Gasteiger partial charge >= 0.3 is 0 Å². The molecular weight excluding hydrogens is 176 g/mol. The van der Waals surface area contributed by atoms with E-state index in [1.54, 1.807) is 9.47 Å². The van der Waals surface area contributed by atoms with Gasteiger partial charge < -0.3 is 4.52 Å². The molecule has 0 saturated carbocycles. The minimum Gasteiger partial charge on any atom is -0.475 e. The van der Waals surface area contributed by atoms with Gasteiger partial charge in [0.15, 0.2) is 5.97 Å². The van der Waals surface area contributed by atoms with Crippen molar-refractivity contribution in [3.63, 3.8) is 0 Å². The van der Waals surface area contributed by atoms with Crippen molar-refractivity contribution in [3.05, 3.63) is 6.92 Å². The molecule has 0 spiro atoms. The Balaban J connectivity index is 0. The quantitative estimate of drug-likeness (QED) is 0.391. The van der Waals surface area contributed by atoms with Gasteiger partial charge in [-0.05, 0) is 0 Å². The van der Waals surface area contributed by atoms with Crippen LogP contribution < -0.4 is 0 Å². The van der Waals surface area contributed by atoms with Crippen LogP contribution in [0.15, 0.2) is 0 Å². The Hall–Kier alpha value is 0.874. The van der Waals surface area contributed by atoms with Crippen LogP contribution in [-0.2, 0) is 42.0 Å². The Labute approximate surface area is 64.2 Å². The van der Waals surface area contributed by atoms with Gasteiger partial charge in [-0.15, -0.1) is 0 Å². The molecule has 0 heterocycles. The van der Waals surface area contributed by atoms with Gasteiger partial charge in [0.05, 0.1) is 9.47 Å². The van der Waals surface area contributed by atoms with Crippen molar-refractivity contribution in [2.24, 2.45) is 0 Å². The van der Waals surface area contributed by atoms with Crippen LogP contribution in [0.25, 0.3) is 0 Å². The van der Waals surface area contributed by atoms with E-state index in [0.717, 1.165) is 0 Å². The van der Waals surface area contributed by atoms with E-state index in [0.29, 0.717) is 0 Å². The molecule has 4 heteroatoms. The zero-order valence-electron chi connectivity index (χ0n) is 3.18. The first-order valence-corrected chi connectivity index (χ1v) is 1.47. The molecule has 6 heavy (non-hydrogen) atoms. The fourth-order valence-corrected chi connectivity index (χ4v) is 0. The molecule has 0 aromatic rings. The van der Waals surface area contributed by atoms with Crippen LogP contribution in [0.5, 0.6) is 0 Å². The summed E-state index contributed by atoms with van der Waals surface area (Å²) in [5.41, 5.74) is 0. The summed E-state index contributed by atoms with van der Waals surface area (Å²) in [6, 6.07) is 0. The van der Waals surface area contributed by atoms with Gasteiger partial charge in [0.25, 0.3) is 0 Å². The first-order valence-electron chi connectivity index (χ1n) is 0.998. The van der Waals surface area contributed by atoms with Gasteiger partial charge in [-0.2, -0.15) is 0 Å². The van der Waals surface area contributed by atoms with Crippen LogP contribution in [0, 0.1) is 6.92 Å². The summed E-state index contributed by atoms with van der Waals surface area (Å²) < 4.78 is 3.92. The summed E-state index contributed by atoms with van der Waals surface area (Å²) in [5.74, 6) is -0.532. The topological polar surface area (TPSA) is 26.3 Å². The average Bonchev–Trinajstić information content (AvgIpc) is 1.38. The van der Waals surface area contributed by atoms with E-state index in [1.807, 2.05) is 0 Å². The molecular formula is C2H4O2PY-. The molecule has 0 fully saturated rings. The third-order valence-electron chi connectivity index (χ3n) is 0.131. The van der Waals surface area contributed by atoms with Crippen LogP contribution >= 0.6 is 9.47 Å². The summed E-state index contributed by atoms with van der Waals surface area (Å²) in [6.45, 7) is 2.88. The maximum Gasteiger partial charge on any atom is 0.167 e. The second-order valence-electron chi connectivity index (χ2n) is 0.490. The Morgan fingerprint density at radius 3 is 2.00 bits per heavy atom. The van der Waals surface area contributed by atoms with Crippen LogP contribution in [0.1, 0.15) is 0 Å². The molecule has 0 aromatic heterocycles. The number of hydrogen-bond donors (Lipinski definition) is 0. The summed E-state index contributed by atoms with van der Waals surface area (Å²) in [5, 5.41) is 0. The van der Waals surface area contributed by atoms with Crippen LogP contribution in [0.4, 0.5) is 0 Å². The average molecular weight is 180 g/mol. The zero-order valence-corrected chi connectivity index (χ0v) is 7.17. The van der Waals surface area contributed by atoms with E-state index in [-0.39, 0.29) is 32.7 Å². The number of rotatable bonds is 0. The summed E-state index contributed by atoms with van der Waals surface area (Å²) >= 11 is 0. The van der Waals surface area contributed by atoms with Crippen LogP contribution in [0.3, 0.4) is 0 Å². The number of hydrogen-bond acceptors (Lipinski definition) is 2. The maximum absolute atomic E-state index is 9.46. The van der Waals surface area contributed by atoms with Crippen molar-refractivity contribution < 1.29 is 42.0 Å². The molecule has 0 rings (SSSR count). The SMILES string of the molecule is [CH2-]C(=O)OP.[Y]. The Morgan fingerprint density at radius 1 is 1.83 bits per heavy atom. The Morgan fingerprint density at radius 2 is 2.00 bits per heavy atom. The van der Waals surface area contributed by atoms with Crippen LogP contribution in [-0.4, -0.2) is 5.97 Å². The van der Waals surface area contributed by atoms with Gasteiger partial charge in [-0.25, -0.2) is 0 Å². The van der Waals surface area contributed by atoms with E-state index >= 15 is 0 Å².